The molecule has 2 N–H and O–H groups in total. The van der Waals surface area contributed by atoms with Crippen LogP contribution in [0.15, 0.2) is 45.1 Å². The summed E-state index contributed by atoms with van der Waals surface area (Å²) in [5.74, 6) is 0.264. The van der Waals surface area contributed by atoms with Crippen molar-refractivity contribution in [3.8, 4) is 0 Å². The number of hydrogen-bond acceptors (Lipinski definition) is 6. The number of rotatable bonds is 8. The number of benzene rings is 1. The smallest absolute Gasteiger partial charge is 0.271 e. The van der Waals surface area contributed by atoms with Crippen LogP contribution in [-0.4, -0.2) is 19.5 Å². The van der Waals surface area contributed by atoms with Crippen molar-refractivity contribution in [2.45, 2.75) is 37.8 Å². The monoisotopic (exact) mass is 445 g/mol. The van der Waals surface area contributed by atoms with Gasteiger partial charge in [-0.2, -0.15) is 0 Å². The third kappa shape index (κ3) is 5.17. The first-order valence-corrected chi connectivity index (χ1v) is 11.8. The summed E-state index contributed by atoms with van der Waals surface area (Å²) in [5, 5.41) is 6.64. The predicted octanol–water partition coefficient (Wildman–Crippen LogP) is 4.93. The molecule has 158 valence electrons. The van der Waals surface area contributed by atoms with Crippen molar-refractivity contribution in [3.63, 3.8) is 0 Å². The molecule has 2 heterocycles. The fraction of sp³-hybridized carbons (Fsp3) is 0.238. The topological polar surface area (TPSA) is 101 Å². The molecule has 0 unspecified atom stereocenters. The van der Waals surface area contributed by atoms with Crippen LogP contribution in [0.2, 0.25) is 0 Å². The Morgan fingerprint density at radius 1 is 1.20 bits per heavy atom. The second-order valence-electron chi connectivity index (χ2n) is 6.56. The number of aromatic nitrogens is 1. The Morgan fingerprint density at radius 2 is 2.00 bits per heavy atom. The quantitative estimate of drug-likeness (QED) is 0.512. The largest absolute Gasteiger partial charge is 0.354 e. The van der Waals surface area contributed by atoms with Crippen LogP contribution < -0.4 is 10.0 Å². The van der Waals surface area contributed by atoms with Gasteiger partial charge >= 0.3 is 0 Å². The fourth-order valence-corrected chi connectivity index (χ4v) is 4.95. The molecule has 0 spiro atoms. The van der Waals surface area contributed by atoms with Crippen molar-refractivity contribution in [3.05, 3.63) is 58.3 Å². The summed E-state index contributed by atoms with van der Waals surface area (Å²) in [4.78, 5) is 12.4. The maximum Gasteiger partial charge on any atom is 0.271 e. The number of sulfonamides is 1. The molecule has 3 rings (SSSR count). The fourth-order valence-electron chi connectivity index (χ4n) is 2.67. The Kier molecular flexibility index (Phi) is 6.73. The molecule has 7 nitrogen and oxygen atoms in total. The first-order chi connectivity index (χ1) is 14.3. The minimum absolute atomic E-state index is 0.140. The van der Waals surface area contributed by atoms with E-state index in [1.807, 2.05) is 25.1 Å². The highest BCUT2D eigenvalue weighted by Crippen LogP contribution is 2.28. The summed E-state index contributed by atoms with van der Waals surface area (Å²) >= 11 is 1.13. The number of nitrogens with zero attached hydrogens (tertiary/aromatic N) is 1. The van der Waals surface area contributed by atoms with Gasteiger partial charge in [0.1, 0.15) is 15.6 Å². The van der Waals surface area contributed by atoms with E-state index >= 15 is 0 Å². The lowest BCUT2D eigenvalue weighted by Crippen LogP contribution is -2.11. The molecule has 0 aliphatic carbocycles. The van der Waals surface area contributed by atoms with Gasteiger partial charge in [-0.05, 0) is 55.3 Å². The third-order valence-electron chi connectivity index (χ3n) is 4.33. The number of anilines is 2. The molecule has 9 heteroatoms. The van der Waals surface area contributed by atoms with E-state index in [2.05, 4.69) is 15.2 Å². The first kappa shape index (κ1) is 21.8. The summed E-state index contributed by atoms with van der Waals surface area (Å²) < 4.78 is 33.5. The van der Waals surface area contributed by atoms with E-state index in [4.69, 9.17) is 4.52 Å². The zero-order chi connectivity index (χ0) is 21.7. The number of thiophene rings is 1. The number of carbonyl (C=O) groups excluding carboxylic acids is 1. The maximum atomic E-state index is 12.7. The Hall–Kier alpha value is -2.91. The average molecular weight is 446 g/mol. The van der Waals surface area contributed by atoms with Crippen molar-refractivity contribution in [2.75, 3.05) is 10.0 Å². The van der Waals surface area contributed by atoms with Gasteiger partial charge in [-0.15, -0.1) is 11.3 Å². The van der Waals surface area contributed by atoms with E-state index < -0.39 is 10.0 Å². The van der Waals surface area contributed by atoms with Crippen molar-refractivity contribution in [2.24, 2.45) is 0 Å². The van der Waals surface area contributed by atoms with Crippen molar-refractivity contribution < 1.29 is 17.7 Å². The molecule has 3 aromatic rings. The lowest BCUT2D eigenvalue weighted by atomic mass is 10.1. The molecule has 0 bridgehead atoms. The van der Waals surface area contributed by atoms with Gasteiger partial charge in [0, 0.05) is 17.0 Å². The molecule has 0 radical (unpaired) electrons. The summed E-state index contributed by atoms with van der Waals surface area (Å²) in [6.45, 7) is 5.51. The van der Waals surface area contributed by atoms with Gasteiger partial charge in [0.15, 0.2) is 5.76 Å². The van der Waals surface area contributed by atoms with Crippen molar-refractivity contribution in [1.82, 2.24) is 5.16 Å². The van der Waals surface area contributed by atoms with E-state index in [9.17, 15) is 13.2 Å². The molecule has 0 aliphatic heterocycles. The van der Waals surface area contributed by atoms with E-state index in [1.54, 1.807) is 44.2 Å². The third-order valence-corrected chi connectivity index (χ3v) is 7.25. The maximum absolute atomic E-state index is 12.7. The van der Waals surface area contributed by atoms with Gasteiger partial charge in [-0.25, -0.2) is 8.42 Å². The molecular weight excluding hydrogens is 422 g/mol. The van der Waals surface area contributed by atoms with Gasteiger partial charge in [0.25, 0.3) is 10.0 Å². The zero-order valence-electron chi connectivity index (χ0n) is 16.9. The van der Waals surface area contributed by atoms with Crippen LogP contribution in [0.25, 0.3) is 12.2 Å². The molecule has 0 atom stereocenters. The van der Waals surface area contributed by atoms with Crippen LogP contribution in [0.5, 0.6) is 0 Å². The SMILES string of the molecule is CCC(=O)Nc1c(C)noc1/C=C/c1ccc(S(=O)(=O)Nc2cccc(CC)c2)s1. The standard InChI is InChI=1S/C21H23N3O4S2/c1-4-15-7-6-8-16(13-15)24-30(26,27)20-12-10-17(29-20)9-11-18-21(14(3)23-28-18)22-19(25)5-2/h6-13,24H,4-5H2,1-3H3,(H,22,25)/b11-9+. The Labute approximate surface area is 179 Å². The molecule has 0 fully saturated rings. The molecule has 30 heavy (non-hydrogen) atoms. The lowest BCUT2D eigenvalue weighted by Gasteiger charge is -2.07. The second-order valence-corrected chi connectivity index (χ2v) is 9.58. The first-order valence-electron chi connectivity index (χ1n) is 9.48. The molecule has 0 saturated carbocycles. The lowest BCUT2D eigenvalue weighted by molar-refractivity contribution is -0.115. The molecule has 1 aromatic carbocycles. The van der Waals surface area contributed by atoms with Crippen LogP contribution in [-0.2, 0) is 21.2 Å². The number of aryl methyl sites for hydroxylation is 2. The highest BCUT2D eigenvalue weighted by molar-refractivity contribution is 7.94. The van der Waals surface area contributed by atoms with Crippen LogP contribution in [0.1, 0.15) is 42.2 Å². The Bertz CT molecular complexity index is 1180. The van der Waals surface area contributed by atoms with Gasteiger partial charge in [0.05, 0.1) is 0 Å². The van der Waals surface area contributed by atoms with Gasteiger partial charge in [0.2, 0.25) is 5.91 Å². The number of nitrogens with one attached hydrogen (secondary N) is 2. The van der Waals surface area contributed by atoms with Crippen molar-refractivity contribution in [1.29, 1.82) is 0 Å². The molecular formula is C21H23N3O4S2. The van der Waals surface area contributed by atoms with E-state index in [1.165, 1.54) is 0 Å². The number of amides is 1. The van der Waals surface area contributed by atoms with Gasteiger partial charge < -0.3 is 9.84 Å². The normalized spacial score (nSPS) is 11.7. The van der Waals surface area contributed by atoms with E-state index in [0.717, 1.165) is 28.2 Å². The Morgan fingerprint density at radius 3 is 2.73 bits per heavy atom. The van der Waals surface area contributed by atoms with Crippen LogP contribution in [0, 0.1) is 6.92 Å². The van der Waals surface area contributed by atoms with Crippen LogP contribution in [0.3, 0.4) is 0 Å². The minimum atomic E-state index is -3.68. The van der Waals surface area contributed by atoms with Crippen LogP contribution in [0.4, 0.5) is 11.4 Å². The highest BCUT2D eigenvalue weighted by atomic mass is 32.2. The predicted molar refractivity (Wildman–Crippen MR) is 120 cm³/mol. The van der Waals surface area contributed by atoms with Crippen LogP contribution >= 0.6 is 11.3 Å². The number of hydrogen-bond donors (Lipinski definition) is 2. The van der Waals surface area contributed by atoms with E-state index in [-0.39, 0.29) is 10.1 Å². The summed E-state index contributed by atoms with van der Waals surface area (Å²) in [5.41, 5.74) is 2.68. The summed E-state index contributed by atoms with van der Waals surface area (Å²) in [6.07, 6.45) is 4.55. The summed E-state index contributed by atoms with van der Waals surface area (Å²) in [7, 11) is -3.68. The van der Waals surface area contributed by atoms with Gasteiger partial charge in [-0.3, -0.25) is 9.52 Å². The van der Waals surface area contributed by atoms with Gasteiger partial charge in [-0.1, -0.05) is 31.1 Å². The molecule has 0 saturated heterocycles. The average Bonchev–Trinajstić information content (AvgIpc) is 3.34. The number of carbonyl (C=O) groups is 1. The molecule has 2 aromatic heterocycles. The molecule has 1 amide bonds. The minimum Gasteiger partial charge on any atom is -0.354 e. The van der Waals surface area contributed by atoms with E-state index in [0.29, 0.717) is 29.2 Å². The zero-order valence-corrected chi connectivity index (χ0v) is 18.6. The van der Waals surface area contributed by atoms with Crippen molar-refractivity contribution >= 4 is 50.8 Å². The molecule has 0 aliphatic rings. The second kappa shape index (κ2) is 9.27. The summed E-state index contributed by atoms with van der Waals surface area (Å²) in [6, 6.07) is 10.6. The Balaban J connectivity index is 1.77. The highest BCUT2D eigenvalue weighted by Gasteiger charge is 2.17.